The molecule has 2 aliphatic heterocycles. The van der Waals surface area contributed by atoms with Crippen molar-refractivity contribution in [3.05, 3.63) is 44.7 Å². The van der Waals surface area contributed by atoms with Crippen molar-refractivity contribution in [2.45, 2.75) is 22.1 Å². The highest BCUT2D eigenvalue weighted by atomic mass is 35.5. The van der Waals surface area contributed by atoms with E-state index in [0.29, 0.717) is 23.0 Å². The Bertz CT molecular complexity index is 1300. The summed E-state index contributed by atoms with van der Waals surface area (Å²) in [5, 5.41) is 24.2. The van der Waals surface area contributed by atoms with Crippen LogP contribution < -0.4 is 16.8 Å². The number of hydrogen-bond donors (Lipinski definition) is 5. The summed E-state index contributed by atoms with van der Waals surface area (Å²) in [6, 6.07) is 0.834. The number of thiazole rings is 1. The van der Waals surface area contributed by atoms with E-state index in [4.69, 9.17) is 23.1 Å². The van der Waals surface area contributed by atoms with Crippen molar-refractivity contribution in [3.8, 4) is 0 Å². The highest BCUT2D eigenvalue weighted by molar-refractivity contribution is 8.06. The Morgan fingerprint density at radius 3 is 2.84 bits per heavy atom. The summed E-state index contributed by atoms with van der Waals surface area (Å²) >= 11 is 11.1. The molecule has 0 radical (unpaired) electrons. The Labute approximate surface area is 232 Å². The smallest absolute Gasteiger partial charge is 0.353 e. The zero-order valence-electron chi connectivity index (χ0n) is 18.8. The quantitative estimate of drug-likeness (QED) is 0.0868. The average Bonchev–Trinajstić information content (AvgIpc) is 3.20. The van der Waals surface area contributed by atoms with Gasteiger partial charge in [-0.15, -0.1) is 11.8 Å². The first-order valence-electron chi connectivity index (χ1n) is 10.5. The topological polar surface area (TPSA) is 197 Å². The molecule has 7 N–H and O–H groups in total. The third-order valence-corrected chi connectivity index (χ3v) is 9.94. The molecule has 1 unspecified atom stereocenters. The van der Waals surface area contributed by atoms with Crippen LogP contribution in [-0.2, 0) is 20.1 Å². The third kappa shape index (κ3) is 5.68. The number of anilines is 1. The Morgan fingerprint density at radius 2 is 2.19 bits per heavy atom. The molecule has 2 amide bonds. The highest BCUT2D eigenvalue weighted by Crippen LogP contribution is 2.45. The van der Waals surface area contributed by atoms with Gasteiger partial charge in [0.2, 0.25) is 0 Å². The summed E-state index contributed by atoms with van der Waals surface area (Å²) in [6.45, 7) is 0.551. The second-order valence-electron chi connectivity index (χ2n) is 7.49. The molecular weight excluding hydrogens is 582 g/mol. The van der Waals surface area contributed by atoms with E-state index < -0.39 is 34.9 Å². The number of carbonyl (C=O) groups is 3. The Balaban J connectivity index is 1.52. The van der Waals surface area contributed by atoms with Gasteiger partial charge < -0.3 is 27.1 Å². The van der Waals surface area contributed by atoms with E-state index in [9.17, 15) is 24.7 Å². The summed E-state index contributed by atoms with van der Waals surface area (Å²) in [4.78, 5) is 48.5. The number of aromatic nitrogens is 2. The van der Waals surface area contributed by atoms with Crippen molar-refractivity contribution < 1.29 is 24.7 Å². The van der Waals surface area contributed by atoms with Gasteiger partial charge in [0.1, 0.15) is 27.1 Å². The van der Waals surface area contributed by atoms with Crippen LogP contribution in [0.15, 0.2) is 39.1 Å². The van der Waals surface area contributed by atoms with E-state index in [1.165, 1.54) is 23.5 Å². The van der Waals surface area contributed by atoms with Crippen molar-refractivity contribution >= 4 is 86.9 Å². The fraction of sp³-hybridized carbons (Fsp3) is 0.300. The molecule has 0 aromatic carbocycles. The number of carbonyl (C=O) groups excluding carboxylic acids is 2. The second-order valence-corrected chi connectivity index (χ2v) is 12.5. The summed E-state index contributed by atoms with van der Waals surface area (Å²) < 4.78 is 0.0445. The molecule has 1 saturated heterocycles. The van der Waals surface area contributed by atoms with E-state index in [1.807, 2.05) is 6.07 Å². The van der Waals surface area contributed by atoms with Crippen LogP contribution in [0.2, 0.25) is 4.34 Å². The number of aliphatic carboxylic acids is 1. The van der Waals surface area contributed by atoms with Crippen LogP contribution in [0.4, 0.5) is 5.13 Å². The van der Waals surface area contributed by atoms with Gasteiger partial charge in [0.05, 0.1) is 0 Å². The third-order valence-electron chi connectivity index (χ3n) is 5.19. The molecule has 12 nitrogen and oxygen atoms in total. The number of nitrogens with zero attached hydrogens (tertiary/aromatic N) is 4. The molecule has 196 valence electrons. The number of carboxylic acids is 1. The maximum Gasteiger partial charge on any atom is 0.353 e. The van der Waals surface area contributed by atoms with Crippen molar-refractivity contribution in [1.82, 2.24) is 20.2 Å². The Kier molecular flexibility index (Phi) is 8.86. The SMILES string of the molecule is NCCSCc1ccncc1SC1=C(C(=O)O)N2C(=O)[C@@H](NC(=O)/C(=N\O)c3nc(N)sc3Cl)C2SC1. The molecule has 0 aliphatic carbocycles. The maximum absolute atomic E-state index is 13.0. The number of rotatable bonds is 10. The van der Waals surface area contributed by atoms with Gasteiger partial charge in [-0.1, -0.05) is 39.9 Å². The molecule has 2 aliphatic rings. The minimum atomic E-state index is -1.25. The molecule has 2 aromatic rings. The normalized spacial score (nSPS) is 19.5. The predicted octanol–water partition coefficient (Wildman–Crippen LogP) is 1.63. The number of carboxylic acid groups (broad SMARTS) is 1. The van der Waals surface area contributed by atoms with Crippen molar-refractivity contribution in [1.29, 1.82) is 0 Å². The van der Waals surface area contributed by atoms with E-state index in [0.717, 1.165) is 32.4 Å². The van der Waals surface area contributed by atoms with E-state index in [2.05, 4.69) is 20.4 Å². The van der Waals surface area contributed by atoms with Crippen LogP contribution >= 0.6 is 58.2 Å². The first kappa shape index (κ1) is 27.5. The largest absolute Gasteiger partial charge is 0.477 e. The zero-order chi connectivity index (χ0) is 26.7. The van der Waals surface area contributed by atoms with Gasteiger partial charge in [-0.05, 0) is 11.6 Å². The molecule has 4 rings (SSSR count). The lowest BCUT2D eigenvalue weighted by Gasteiger charge is -2.49. The lowest BCUT2D eigenvalue weighted by atomic mass is 10.0. The molecule has 2 atom stereocenters. The molecule has 1 fully saturated rings. The molecule has 37 heavy (non-hydrogen) atoms. The van der Waals surface area contributed by atoms with Crippen LogP contribution in [0, 0.1) is 0 Å². The van der Waals surface area contributed by atoms with Crippen LogP contribution in [0.3, 0.4) is 0 Å². The van der Waals surface area contributed by atoms with Gasteiger partial charge in [-0.2, -0.15) is 11.8 Å². The van der Waals surface area contributed by atoms with E-state index >= 15 is 0 Å². The monoisotopic (exact) mass is 601 g/mol. The number of nitrogens with one attached hydrogen (secondary N) is 1. The minimum absolute atomic E-state index is 0.0445. The number of β-lactam (4-membered cyclic amide) rings is 1. The molecule has 0 saturated carbocycles. The van der Waals surface area contributed by atoms with Gasteiger partial charge in [0.25, 0.3) is 11.8 Å². The molecule has 17 heteroatoms. The van der Waals surface area contributed by atoms with Gasteiger partial charge in [0.15, 0.2) is 10.8 Å². The van der Waals surface area contributed by atoms with Crippen molar-refractivity contribution in [3.63, 3.8) is 0 Å². The minimum Gasteiger partial charge on any atom is -0.477 e. The molecule has 0 spiro atoms. The fourth-order valence-electron chi connectivity index (χ4n) is 3.56. The number of oxime groups is 1. The molecule has 2 aromatic heterocycles. The molecule has 4 heterocycles. The van der Waals surface area contributed by atoms with Crippen molar-refractivity contribution in [2.24, 2.45) is 10.9 Å². The number of amides is 2. The first-order valence-corrected chi connectivity index (χ1v) is 14.7. The van der Waals surface area contributed by atoms with Crippen LogP contribution in [0.1, 0.15) is 11.3 Å². The number of thioether (sulfide) groups is 3. The Hall–Kier alpha value is -2.50. The zero-order valence-corrected chi connectivity index (χ0v) is 22.8. The molecule has 0 bridgehead atoms. The van der Waals surface area contributed by atoms with Gasteiger partial charge in [-0.25, -0.2) is 9.78 Å². The standard InChI is InChI=1S/C20H20ClN7O5S4/c21-15-11(26-20(23)37-15)12(27-33)16(29)25-13-17(30)28-14(19(31)32)10(7-35-18(13)28)36-9-5-24-3-1-8(9)6-34-4-2-22/h1,3,5,13,18,33H,2,4,6-7,22H2,(H2,23,26)(H,25,29)(H,31,32)/b27-12-/t13-,18?/m1/s1. The number of halogens is 1. The van der Waals surface area contributed by atoms with E-state index in [-0.39, 0.29) is 20.9 Å². The summed E-state index contributed by atoms with van der Waals surface area (Å²) in [6.07, 6.45) is 3.34. The average molecular weight is 602 g/mol. The van der Waals surface area contributed by atoms with Gasteiger partial charge >= 0.3 is 5.97 Å². The van der Waals surface area contributed by atoms with Gasteiger partial charge in [0, 0.05) is 46.0 Å². The van der Waals surface area contributed by atoms with Crippen molar-refractivity contribution in [2.75, 3.05) is 23.8 Å². The Morgan fingerprint density at radius 1 is 1.41 bits per heavy atom. The van der Waals surface area contributed by atoms with Gasteiger partial charge in [-0.3, -0.25) is 19.5 Å². The van der Waals surface area contributed by atoms with Crippen LogP contribution in [0.25, 0.3) is 0 Å². The van der Waals surface area contributed by atoms with Crippen LogP contribution in [0.5, 0.6) is 0 Å². The summed E-state index contributed by atoms with van der Waals surface area (Å²) in [7, 11) is 0. The fourth-order valence-corrected chi connectivity index (χ4v) is 7.93. The predicted molar refractivity (Wildman–Crippen MR) is 145 cm³/mol. The number of hydrogen-bond acceptors (Lipinski definition) is 13. The number of nitrogen functional groups attached to an aromatic ring is 1. The molecular formula is C20H20ClN7O5S4. The highest BCUT2D eigenvalue weighted by Gasteiger charge is 2.54. The van der Waals surface area contributed by atoms with Crippen LogP contribution in [-0.4, -0.2) is 78.1 Å². The van der Waals surface area contributed by atoms with E-state index in [1.54, 1.807) is 24.2 Å². The first-order chi connectivity index (χ1) is 17.8. The number of nitrogens with two attached hydrogens (primary N) is 2. The summed E-state index contributed by atoms with van der Waals surface area (Å²) in [5.74, 6) is -0.985. The number of fused-ring (bicyclic) bond motifs is 1. The number of pyridine rings is 1. The lowest BCUT2D eigenvalue weighted by molar-refractivity contribution is -0.150. The maximum atomic E-state index is 13.0. The second kappa shape index (κ2) is 11.9. The lowest BCUT2D eigenvalue weighted by Crippen LogP contribution is -2.71. The summed E-state index contributed by atoms with van der Waals surface area (Å²) in [5.41, 5.74) is 11.4.